The van der Waals surface area contributed by atoms with Gasteiger partial charge in [-0.2, -0.15) is 0 Å². The van der Waals surface area contributed by atoms with Crippen molar-refractivity contribution < 1.29 is 19.4 Å². The number of amides is 1. The minimum atomic E-state index is -1.44. The lowest BCUT2D eigenvalue weighted by Gasteiger charge is -2.27. The molecule has 1 aromatic carbocycles. The summed E-state index contributed by atoms with van der Waals surface area (Å²) >= 11 is 0. The van der Waals surface area contributed by atoms with Crippen LogP contribution in [0.15, 0.2) is 12.1 Å². The molecule has 0 saturated heterocycles. The van der Waals surface area contributed by atoms with Crippen LogP contribution in [0.1, 0.15) is 19.4 Å². The van der Waals surface area contributed by atoms with Gasteiger partial charge >= 0.3 is 0 Å². The molecule has 1 aromatic rings. The van der Waals surface area contributed by atoms with Crippen molar-refractivity contribution in [3.8, 4) is 11.5 Å². The van der Waals surface area contributed by atoms with Crippen LogP contribution in [0, 0.1) is 6.92 Å². The number of aryl methyl sites for hydroxylation is 1. The molecule has 0 saturated carbocycles. The molecule has 0 aromatic heterocycles. The van der Waals surface area contributed by atoms with Crippen LogP contribution in [0.2, 0.25) is 0 Å². The molecule has 0 aliphatic rings. The number of benzene rings is 1. The Kier molecular flexibility index (Phi) is 4.42. The first kappa shape index (κ1) is 15.3. The number of aliphatic hydroxyl groups is 1. The van der Waals surface area contributed by atoms with Crippen molar-refractivity contribution >= 4 is 11.6 Å². The Labute approximate surface area is 113 Å². The van der Waals surface area contributed by atoms with E-state index in [-0.39, 0.29) is 0 Å². The number of rotatable bonds is 4. The maximum absolute atomic E-state index is 12.1. The fourth-order valence-electron chi connectivity index (χ4n) is 1.93. The van der Waals surface area contributed by atoms with Gasteiger partial charge in [0.1, 0.15) is 17.1 Å². The number of nitrogens with zero attached hydrogens (tertiary/aromatic N) is 1. The molecule has 0 radical (unpaired) electrons. The number of anilines is 1. The average molecular weight is 267 g/mol. The normalized spacial score (nSPS) is 11.1. The zero-order valence-corrected chi connectivity index (χ0v) is 12.3. The van der Waals surface area contributed by atoms with E-state index < -0.39 is 11.5 Å². The molecule has 19 heavy (non-hydrogen) atoms. The van der Waals surface area contributed by atoms with E-state index in [1.165, 1.54) is 25.9 Å². The zero-order chi connectivity index (χ0) is 14.8. The van der Waals surface area contributed by atoms with E-state index in [0.29, 0.717) is 17.2 Å². The maximum Gasteiger partial charge on any atom is 0.258 e. The summed E-state index contributed by atoms with van der Waals surface area (Å²) in [7, 11) is 4.71. The van der Waals surface area contributed by atoms with Crippen LogP contribution in [0.25, 0.3) is 0 Å². The lowest BCUT2D eigenvalue weighted by atomic mass is 10.1. The number of methoxy groups -OCH3 is 2. The van der Waals surface area contributed by atoms with Gasteiger partial charge in [-0.3, -0.25) is 4.79 Å². The number of likely N-dealkylation sites (N-methyl/N-ethyl adjacent to an activating group) is 1. The van der Waals surface area contributed by atoms with E-state index in [0.717, 1.165) is 5.56 Å². The highest BCUT2D eigenvalue weighted by atomic mass is 16.5. The molecule has 5 nitrogen and oxygen atoms in total. The van der Waals surface area contributed by atoms with Gasteiger partial charge in [-0.25, -0.2) is 0 Å². The first-order chi connectivity index (χ1) is 8.72. The van der Waals surface area contributed by atoms with Crippen LogP contribution in [0.3, 0.4) is 0 Å². The Balaban J connectivity index is 3.30. The van der Waals surface area contributed by atoms with Crippen molar-refractivity contribution in [1.29, 1.82) is 0 Å². The van der Waals surface area contributed by atoms with Gasteiger partial charge in [0.15, 0.2) is 0 Å². The van der Waals surface area contributed by atoms with Gasteiger partial charge < -0.3 is 19.5 Å². The Hall–Kier alpha value is -1.75. The monoisotopic (exact) mass is 267 g/mol. The predicted octanol–water partition coefficient (Wildman–Crippen LogP) is 1.75. The molecule has 1 amide bonds. The van der Waals surface area contributed by atoms with Gasteiger partial charge in [0.05, 0.1) is 19.9 Å². The summed E-state index contributed by atoms with van der Waals surface area (Å²) in [5.41, 5.74) is 0.0123. The molecule has 106 valence electrons. The second-order valence-corrected chi connectivity index (χ2v) is 4.92. The molecule has 0 fully saturated rings. The van der Waals surface area contributed by atoms with E-state index in [1.807, 2.05) is 13.0 Å². The van der Waals surface area contributed by atoms with Gasteiger partial charge in [0.25, 0.3) is 5.91 Å². The van der Waals surface area contributed by atoms with Gasteiger partial charge in [0.2, 0.25) is 0 Å². The first-order valence-electron chi connectivity index (χ1n) is 5.95. The van der Waals surface area contributed by atoms with Crippen molar-refractivity contribution in [3.63, 3.8) is 0 Å². The van der Waals surface area contributed by atoms with Crippen LogP contribution in [-0.4, -0.2) is 37.9 Å². The Bertz CT molecular complexity index is 477. The van der Waals surface area contributed by atoms with Crippen molar-refractivity contribution in [3.05, 3.63) is 17.7 Å². The molecule has 5 heteroatoms. The Morgan fingerprint density at radius 2 is 1.84 bits per heavy atom. The third-order valence-corrected chi connectivity index (χ3v) is 2.86. The molecular formula is C14H21NO4. The van der Waals surface area contributed by atoms with Crippen molar-refractivity contribution in [2.45, 2.75) is 26.4 Å². The number of hydrogen-bond acceptors (Lipinski definition) is 4. The zero-order valence-electron chi connectivity index (χ0n) is 12.3. The number of hydrogen-bond donors (Lipinski definition) is 1. The molecule has 0 heterocycles. The molecule has 0 bridgehead atoms. The fourth-order valence-corrected chi connectivity index (χ4v) is 1.93. The lowest BCUT2D eigenvalue weighted by molar-refractivity contribution is -0.133. The molecule has 1 rings (SSSR count). The third kappa shape index (κ3) is 3.17. The summed E-state index contributed by atoms with van der Waals surface area (Å²) < 4.78 is 10.5. The summed E-state index contributed by atoms with van der Waals surface area (Å²) in [5, 5.41) is 9.82. The summed E-state index contributed by atoms with van der Waals surface area (Å²) in [5.74, 6) is 0.776. The first-order valence-corrected chi connectivity index (χ1v) is 5.95. The SMILES string of the molecule is COc1cc(C)c(N(C)C(=O)C(C)(C)O)c(OC)c1. The summed E-state index contributed by atoms with van der Waals surface area (Å²) in [6.45, 7) is 4.77. The Morgan fingerprint density at radius 1 is 1.26 bits per heavy atom. The molecule has 0 aliphatic carbocycles. The standard InChI is InChI=1S/C14H21NO4/c1-9-7-10(18-5)8-11(19-6)12(9)15(4)13(16)14(2,3)17/h7-8,17H,1-6H3. The Morgan fingerprint density at radius 3 is 2.26 bits per heavy atom. The number of ether oxygens (including phenoxy) is 2. The minimum Gasteiger partial charge on any atom is -0.497 e. The van der Waals surface area contributed by atoms with Crippen LogP contribution in [0.4, 0.5) is 5.69 Å². The van der Waals surface area contributed by atoms with E-state index in [1.54, 1.807) is 20.2 Å². The quantitative estimate of drug-likeness (QED) is 0.903. The minimum absolute atomic E-state index is 0.404. The fraction of sp³-hybridized carbons (Fsp3) is 0.500. The molecular weight excluding hydrogens is 246 g/mol. The smallest absolute Gasteiger partial charge is 0.258 e. The van der Waals surface area contributed by atoms with Crippen LogP contribution in [0.5, 0.6) is 11.5 Å². The van der Waals surface area contributed by atoms with Gasteiger partial charge in [-0.1, -0.05) is 0 Å². The van der Waals surface area contributed by atoms with Crippen LogP contribution < -0.4 is 14.4 Å². The summed E-state index contributed by atoms with van der Waals surface area (Å²) in [6.07, 6.45) is 0. The highest BCUT2D eigenvalue weighted by Gasteiger charge is 2.30. The van der Waals surface area contributed by atoms with E-state index >= 15 is 0 Å². The van der Waals surface area contributed by atoms with Gasteiger partial charge in [-0.05, 0) is 32.4 Å². The molecule has 0 unspecified atom stereocenters. The van der Waals surface area contributed by atoms with Crippen molar-refractivity contribution in [2.24, 2.45) is 0 Å². The van der Waals surface area contributed by atoms with Crippen LogP contribution >= 0.6 is 0 Å². The van der Waals surface area contributed by atoms with Gasteiger partial charge in [0, 0.05) is 13.1 Å². The molecule has 0 aliphatic heterocycles. The molecule has 1 N–H and O–H groups in total. The van der Waals surface area contributed by atoms with E-state index in [4.69, 9.17) is 9.47 Å². The largest absolute Gasteiger partial charge is 0.497 e. The number of carbonyl (C=O) groups is 1. The number of carbonyl (C=O) groups excluding carboxylic acids is 1. The highest BCUT2D eigenvalue weighted by molar-refractivity contribution is 6.00. The highest BCUT2D eigenvalue weighted by Crippen LogP contribution is 2.36. The average Bonchev–Trinajstić information content (AvgIpc) is 2.34. The molecule has 0 spiro atoms. The lowest BCUT2D eigenvalue weighted by Crippen LogP contribution is -2.43. The van der Waals surface area contributed by atoms with Crippen molar-refractivity contribution in [2.75, 3.05) is 26.2 Å². The van der Waals surface area contributed by atoms with Crippen molar-refractivity contribution in [1.82, 2.24) is 0 Å². The van der Waals surface area contributed by atoms with Gasteiger partial charge in [-0.15, -0.1) is 0 Å². The maximum atomic E-state index is 12.1. The third-order valence-electron chi connectivity index (χ3n) is 2.86. The van der Waals surface area contributed by atoms with Crippen LogP contribution in [-0.2, 0) is 4.79 Å². The second-order valence-electron chi connectivity index (χ2n) is 4.92. The topological polar surface area (TPSA) is 59.0 Å². The summed E-state index contributed by atoms with van der Waals surface area (Å²) in [4.78, 5) is 13.5. The molecule has 0 atom stereocenters. The van der Waals surface area contributed by atoms with E-state index in [9.17, 15) is 9.90 Å². The summed E-state index contributed by atoms with van der Waals surface area (Å²) in [6, 6.07) is 3.52. The second kappa shape index (κ2) is 5.48. The predicted molar refractivity (Wildman–Crippen MR) is 74.0 cm³/mol. The van der Waals surface area contributed by atoms with E-state index in [2.05, 4.69) is 0 Å².